The van der Waals surface area contributed by atoms with Crippen LogP contribution in [0.1, 0.15) is 18.4 Å². The van der Waals surface area contributed by atoms with Gasteiger partial charge >= 0.3 is 6.18 Å². The van der Waals surface area contributed by atoms with Gasteiger partial charge < -0.3 is 10.7 Å². The van der Waals surface area contributed by atoms with Gasteiger partial charge in [0.1, 0.15) is 17.7 Å². The van der Waals surface area contributed by atoms with Crippen LogP contribution >= 0.6 is 0 Å². The largest absolute Gasteiger partial charge is 0.416 e. The van der Waals surface area contributed by atoms with Crippen molar-refractivity contribution in [3.63, 3.8) is 0 Å². The molecule has 0 bridgehead atoms. The van der Waals surface area contributed by atoms with Crippen LogP contribution in [0.3, 0.4) is 0 Å². The number of halogens is 3. The number of alkyl halides is 3. The molecule has 1 fully saturated rings. The van der Waals surface area contributed by atoms with Crippen LogP contribution in [0.15, 0.2) is 12.1 Å². The lowest BCUT2D eigenvalue weighted by Gasteiger charge is -2.23. The highest BCUT2D eigenvalue weighted by Gasteiger charge is 2.32. The van der Waals surface area contributed by atoms with Gasteiger partial charge in [0.05, 0.1) is 5.56 Å². The normalized spacial score (nSPS) is 19.1. The topological polar surface area (TPSA) is 109 Å². The average molecular weight is 303 g/mol. The number of pyridine rings is 1. The van der Waals surface area contributed by atoms with E-state index < -0.39 is 29.6 Å². The number of rotatable bonds is 3. The van der Waals surface area contributed by atoms with Gasteiger partial charge in [-0.1, -0.05) is 0 Å². The molecule has 1 saturated heterocycles. The molecule has 0 radical (unpaired) electrons. The van der Waals surface area contributed by atoms with Crippen molar-refractivity contribution in [2.24, 2.45) is 5.84 Å². The number of amides is 2. The summed E-state index contributed by atoms with van der Waals surface area (Å²) in [5.74, 6) is 3.70. The minimum absolute atomic E-state index is 0.102. The van der Waals surface area contributed by atoms with Crippen LogP contribution in [0.5, 0.6) is 0 Å². The SMILES string of the molecule is NNc1cc(C(F)(F)F)cc(NC2CCC(=O)NC2=O)n1. The highest BCUT2D eigenvalue weighted by Crippen LogP contribution is 2.32. The lowest BCUT2D eigenvalue weighted by molar-refractivity contribution is -0.137. The molecule has 5 N–H and O–H groups in total. The van der Waals surface area contributed by atoms with E-state index in [1.165, 1.54) is 0 Å². The molecule has 1 aliphatic heterocycles. The van der Waals surface area contributed by atoms with E-state index in [1.807, 2.05) is 5.43 Å². The van der Waals surface area contributed by atoms with Gasteiger partial charge in [0.2, 0.25) is 11.8 Å². The van der Waals surface area contributed by atoms with Crippen LogP contribution in [0.25, 0.3) is 0 Å². The van der Waals surface area contributed by atoms with Gasteiger partial charge in [0, 0.05) is 6.42 Å². The molecule has 2 amide bonds. The first-order chi connectivity index (χ1) is 9.79. The monoisotopic (exact) mass is 303 g/mol. The zero-order chi connectivity index (χ0) is 15.6. The molecule has 1 aliphatic rings. The Morgan fingerprint density at radius 3 is 2.52 bits per heavy atom. The number of carbonyl (C=O) groups excluding carboxylic acids is 2. The van der Waals surface area contributed by atoms with Gasteiger partial charge in [0.15, 0.2) is 0 Å². The van der Waals surface area contributed by atoms with Crippen LogP contribution in [0.2, 0.25) is 0 Å². The van der Waals surface area contributed by atoms with E-state index >= 15 is 0 Å². The van der Waals surface area contributed by atoms with Crippen LogP contribution < -0.4 is 21.9 Å². The molecule has 0 saturated carbocycles. The zero-order valence-corrected chi connectivity index (χ0v) is 10.6. The molecule has 1 atom stereocenters. The highest BCUT2D eigenvalue weighted by molar-refractivity contribution is 6.01. The maximum Gasteiger partial charge on any atom is 0.416 e. The molecule has 114 valence electrons. The van der Waals surface area contributed by atoms with E-state index in [4.69, 9.17) is 5.84 Å². The zero-order valence-electron chi connectivity index (χ0n) is 10.6. The Balaban J connectivity index is 2.23. The summed E-state index contributed by atoms with van der Waals surface area (Å²) in [5.41, 5.74) is 1.07. The fourth-order valence-corrected chi connectivity index (χ4v) is 1.85. The Hall–Kier alpha value is -2.36. The second-order valence-corrected chi connectivity index (χ2v) is 4.42. The number of carbonyl (C=O) groups is 2. The Bertz CT molecular complexity index is 575. The van der Waals surface area contributed by atoms with E-state index in [-0.39, 0.29) is 24.5 Å². The van der Waals surface area contributed by atoms with Gasteiger partial charge in [-0.15, -0.1) is 0 Å². The standard InChI is InChI=1S/C11H12F3N5O2/c12-11(13,14)5-3-7(17-8(4-5)19-15)16-6-1-2-9(20)18-10(6)21/h3-4,6H,1-2,15H2,(H2,16,17,19)(H,18,20,21). The quantitative estimate of drug-likeness (QED) is 0.370. The van der Waals surface area contributed by atoms with Crippen LogP contribution in [-0.2, 0) is 15.8 Å². The van der Waals surface area contributed by atoms with Gasteiger partial charge in [-0.25, -0.2) is 10.8 Å². The molecule has 7 nitrogen and oxygen atoms in total. The maximum atomic E-state index is 12.7. The van der Waals surface area contributed by atoms with Crippen molar-refractivity contribution in [2.75, 3.05) is 10.7 Å². The van der Waals surface area contributed by atoms with Gasteiger partial charge in [-0.3, -0.25) is 14.9 Å². The number of nitrogens with zero attached hydrogens (tertiary/aromatic N) is 1. The molecular formula is C11H12F3N5O2. The minimum Gasteiger partial charge on any atom is -0.358 e. The number of hydrazine groups is 1. The third kappa shape index (κ3) is 3.60. The summed E-state index contributed by atoms with van der Waals surface area (Å²) in [7, 11) is 0. The van der Waals surface area contributed by atoms with E-state index in [0.29, 0.717) is 0 Å². The average Bonchev–Trinajstić information content (AvgIpc) is 2.40. The van der Waals surface area contributed by atoms with E-state index in [0.717, 1.165) is 12.1 Å². The molecule has 1 aromatic heterocycles. The third-order valence-electron chi connectivity index (χ3n) is 2.86. The summed E-state index contributed by atoms with van der Waals surface area (Å²) in [6.07, 6.45) is -4.30. The van der Waals surface area contributed by atoms with Crippen molar-refractivity contribution in [2.45, 2.75) is 25.1 Å². The number of nitrogens with two attached hydrogens (primary N) is 1. The van der Waals surface area contributed by atoms with Crippen molar-refractivity contribution in [3.05, 3.63) is 17.7 Å². The van der Waals surface area contributed by atoms with E-state index in [2.05, 4.69) is 15.6 Å². The molecule has 1 unspecified atom stereocenters. The number of imide groups is 1. The summed E-state index contributed by atoms with van der Waals surface area (Å²) in [6.45, 7) is 0. The lowest BCUT2D eigenvalue weighted by Crippen LogP contribution is -2.47. The maximum absolute atomic E-state index is 12.7. The molecular weight excluding hydrogens is 291 g/mol. The Labute approximate surface area is 117 Å². The number of nitrogens with one attached hydrogen (secondary N) is 3. The number of anilines is 2. The van der Waals surface area contributed by atoms with Crippen LogP contribution in [0.4, 0.5) is 24.8 Å². The summed E-state index contributed by atoms with van der Waals surface area (Å²) >= 11 is 0. The third-order valence-corrected chi connectivity index (χ3v) is 2.86. The summed E-state index contributed by atoms with van der Waals surface area (Å²) in [4.78, 5) is 26.4. The molecule has 0 spiro atoms. The molecule has 21 heavy (non-hydrogen) atoms. The Morgan fingerprint density at radius 2 is 1.95 bits per heavy atom. The van der Waals surface area contributed by atoms with Gasteiger partial charge in [-0.05, 0) is 18.6 Å². The van der Waals surface area contributed by atoms with Crippen molar-refractivity contribution >= 4 is 23.5 Å². The van der Waals surface area contributed by atoms with Gasteiger partial charge in [-0.2, -0.15) is 13.2 Å². The summed E-state index contributed by atoms with van der Waals surface area (Å²) in [5, 5.41) is 4.66. The first-order valence-electron chi connectivity index (χ1n) is 5.95. The molecule has 2 heterocycles. The Morgan fingerprint density at radius 1 is 1.29 bits per heavy atom. The van der Waals surface area contributed by atoms with Crippen molar-refractivity contribution in [3.8, 4) is 0 Å². The highest BCUT2D eigenvalue weighted by atomic mass is 19.4. The number of aromatic nitrogens is 1. The molecule has 0 aromatic carbocycles. The molecule has 10 heteroatoms. The first-order valence-corrected chi connectivity index (χ1v) is 5.95. The van der Waals surface area contributed by atoms with E-state index in [1.54, 1.807) is 0 Å². The smallest absolute Gasteiger partial charge is 0.358 e. The van der Waals surface area contributed by atoms with Crippen molar-refractivity contribution in [1.82, 2.24) is 10.3 Å². The number of hydrogen-bond acceptors (Lipinski definition) is 6. The molecule has 1 aromatic rings. The second-order valence-electron chi connectivity index (χ2n) is 4.42. The fraction of sp³-hybridized carbons (Fsp3) is 0.364. The van der Waals surface area contributed by atoms with Crippen LogP contribution in [-0.4, -0.2) is 22.8 Å². The van der Waals surface area contributed by atoms with Crippen molar-refractivity contribution < 1.29 is 22.8 Å². The lowest BCUT2D eigenvalue weighted by atomic mass is 10.1. The molecule has 2 rings (SSSR count). The van der Waals surface area contributed by atoms with E-state index in [9.17, 15) is 22.8 Å². The second kappa shape index (κ2) is 5.56. The number of hydrogen-bond donors (Lipinski definition) is 4. The predicted molar refractivity (Wildman–Crippen MR) is 66.8 cm³/mol. The number of nitrogen functional groups attached to an aromatic ring is 1. The first kappa shape index (κ1) is 15.0. The predicted octanol–water partition coefficient (Wildman–Crippen LogP) is 0.603. The Kier molecular flexibility index (Phi) is 3.98. The van der Waals surface area contributed by atoms with Crippen LogP contribution in [0, 0.1) is 0 Å². The summed E-state index contributed by atoms with van der Waals surface area (Å²) in [6, 6.07) is 0.685. The summed E-state index contributed by atoms with van der Waals surface area (Å²) < 4.78 is 38.2. The van der Waals surface area contributed by atoms with Crippen molar-refractivity contribution in [1.29, 1.82) is 0 Å². The minimum atomic E-state index is -4.57. The fourth-order valence-electron chi connectivity index (χ4n) is 1.85. The van der Waals surface area contributed by atoms with Gasteiger partial charge in [0.25, 0.3) is 0 Å². The number of piperidine rings is 1. The molecule has 0 aliphatic carbocycles.